The van der Waals surface area contributed by atoms with Gasteiger partial charge in [-0.25, -0.2) is 9.79 Å². The number of carbonyl (C=O) groups excluding carboxylic acids is 2. The van der Waals surface area contributed by atoms with Crippen molar-refractivity contribution in [3.05, 3.63) is 81.6 Å². The van der Waals surface area contributed by atoms with E-state index < -0.39 is 5.97 Å². The van der Waals surface area contributed by atoms with Gasteiger partial charge in [0.05, 0.1) is 24.8 Å². The number of hydrogen-bond donors (Lipinski definition) is 1. The van der Waals surface area contributed by atoms with Crippen molar-refractivity contribution in [2.75, 3.05) is 14.2 Å². The van der Waals surface area contributed by atoms with Crippen LogP contribution < -0.4 is 14.8 Å². The number of carbonyl (C=O) groups is 2. The number of halogens is 1. The van der Waals surface area contributed by atoms with E-state index in [4.69, 9.17) is 25.5 Å². The molecule has 1 amide bonds. The molecule has 2 heterocycles. The van der Waals surface area contributed by atoms with Crippen LogP contribution in [-0.4, -0.2) is 31.3 Å². The Morgan fingerprint density at radius 1 is 1.15 bits per heavy atom. The Balaban J connectivity index is 1.46. The minimum atomic E-state index is -0.559. The normalized spacial score (nSPS) is 15.4. The second kappa shape index (κ2) is 10.5. The SMILES string of the molecule is COC(=O)c1ccc(COc2ccc(C=C3SC(=Nc4cccc(Cl)c4)NC3=O)cc2OC)o1. The van der Waals surface area contributed by atoms with Gasteiger partial charge in [0, 0.05) is 5.02 Å². The van der Waals surface area contributed by atoms with Crippen molar-refractivity contribution < 1.29 is 28.2 Å². The molecular weight excluding hydrogens is 480 g/mol. The summed E-state index contributed by atoms with van der Waals surface area (Å²) in [5, 5.41) is 3.78. The van der Waals surface area contributed by atoms with Crippen LogP contribution in [0.1, 0.15) is 21.9 Å². The number of amidine groups is 1. The maximum Gasteiger partial charge on any atom is 0.373 e. The number of rotatable bonds is 7. The first-order valence-electron chi connectivity index (χ1n) is 9.98. The molecule has 1 fully saturated rings. The Bertz CT molecular complexity index is 1300. The lowest BCUT2D eigenvalue weighted by Gasteiger charge is -2.10. The van der Waals surface area contributed by atoms with Crippen molar-refractivity contribution in [2.24, 2.45) is 4.99 Å². The van der Waals surface area contributed by atoms with Gasteiger partial charge in [0.1, 0.15) is 12.4 Å². The average molecular weight is 499 g/mol. The van der Waals surface area contributed by atoms with Crippen molar-refractivity contribution in [1.29, 1.82) is 0 Å². The molecule has 34 heavy (non-hydrogen) atoms. The number of esters is 1. The summed E-state index contributed by atoms with van der Waals surface area (Å²) < 4.78 is 21.2. The van der Waals surface area contributed by atoms with Gasteiger partial charge in [-0.2, -0.15) is 0 Å². The van der Waals surface area contributed by atoms with Crippen LogP contribution in [0.25, 0.3) is 6.08 Å². The molecule has 0 saturated carbocycles. The van der Waals surface area contributed by atoms with Crippen LogP contribution >= 0.6 is 23.4 Å². The minimum absolute atomic E-state index is 0.0926. The molecule has 0 unspecified atom stereocenters. The summed E-state index contributed by atoms with van der Waals surface area (Å²) in [5.41, 5.74) is 1.40. The second-order valence-corrected chi connectivity index (χ2v) is 8.39. The summed E-state index contributed by atoms with van der Waals surface area (Å²) in [6.07, 6.45) is 1.74. The van der Waals surface area contributed by atoms with Crippen LogP contribution in [-0.2, 0) is 16.1 Å². The first-order chi connectivity index (χ1) is 16.4. The fraction of sp³-hybridized carbons (Fsp3) is 0.125. The number of benzene rings is 2. The molecule has 174 valence electrons. The quantitative estimate of drug-likeness (QED) is 0.353. The third-order valence-corrected chi connectivity index (χ3v) is 5.74. The standard InChI is InChI=1S/C24H19ClN2O6S/c1-30-20-10-14(6-8-18(20)32-13-17-7-9-19(33-17)23(29)31-2)11-21-22(28)27-24(34-21)26-16-5-3-4-15(25)12-16/h3-12H,13H2,1-2H3,(H,26,27,28). The van der Waals surface area contributed by atoms with Crippen LogP contribution in [0.15, 0.2) is 68.9 Å². The lowest BCUT2D eigenvalue weighted by Crippen LogP contribution is -2.19. The average Bonchev–Trinajstić information content (AvgIpc) is 3.44. The number of nitrogens with one attached hydrogen (secondary N) is 1. The molecule has 10 heteroatoms. The number of furan rings is 1. The van der Waals surface area contributed by atoms with Crippen molar-refractivity contribution in [2.45, 2.75) is 6.61 Å². The summed E-state index contributed by atoms with van der Waals surface area (Å²) in [6, 6.07) is 15.5. The predicted octanol–water partition coefficient (Wildman–Crippen LogP) is 5.20. The number of aliphatic imine (C=N–C) groups is 1. The zero-order valence-electron chi connectivity index (χ0n) is 18.2. The number of methoxy groups -OCH3 is 2. The van der Waals surface area contributed by atoms with Crippen molar-refractivity contribution >= 4 is 52.2 Å². The van der Waals surface area contributed by atoms with E-state index in [2.05, 4.69) is 15.0 Å². The molecule has 1 aromatic heterocycles. The molecule has 1 aliphatic rings. The monoisotopic (exact) mass is 498 g/mol. The Hall–Kier alpha value is -3.69. The molecular formula is C24H19ClN2O6S. The summed E-state index contributed by atoms with van der Waals surface area (Å²) >= 11 is 7.22. The number of hydrogen-bond acceptors (Lipinski definition) is 8. The summed E-state index contributed by atoms with van der Waals surface area (Å²) in [5.74, 6) is 0.706. The van der Waals surface area contributed by atoms with E-state index in [1.165, 1.54) is 32.0 Å². The van der Waals surface area contributed by atoms with Gasteiger partial charge in [0.15, 0.2) is 16.7 Å². The van der Waals surface area contributed by atoms with Gasteiger partial charge in [0.25, 0.3) is 5.91 Å². The van der Waals surface area contributed by atoms with E-state index >= 15 is 0 Å². The van der Waals surface area contributed by atoms with Gasteiger partial charge in [-0.3, -0.25) is 4.79 Å². The topological polar surface area (TPSA) is 99.4 Å². The molecule has 4 rings (SSSR count). The van der Waals surface area contributed by atoms with Crippen molar-refractivity contribution in [3.63, 3.8) is 0 Å². The minimum Gasteiger partial charge on any atom is -0.493 e. The van der Waals surface area contributed by atoms with Crippen LogP contribution in [0.2, 0.25) is 5.02 Å². The molecule has 0 aliphatic carbocycles. The van der Waals surface area contributed by atoms with Crippen molar-refractivity contribution in [1.82, 2.24) is 5.32 Å². The Morgan fingerprint density at radius 3 is 2.76 bits per heavy atom. The van der Waals surface area contributed by atoms with E-state index in [0.29, 0.717) is 38.0 Å². The number of amides is 1. The number of ether oxygens (including phenoxy) is 3. The zero-order chi connectivity index (χ0) is 24.1. The molecule has 0 spiro atoms. The molecule has 1 saturated heterocycles. The van der Waals surface area contributed by atoms with Gasteiger partial charge in [-0.05, 0) is 65.9 Å². The Labute approximate surface area is 204 Å². The Morgan fingerprint density at radius 2 is 2.00 bits per heavy atom. The number of nitrogens with zero attached hydrogens (tertiary/aromatic N) is 1. The Kier molecular flexibility index (Phi) is 7.24. The van der Waals surface area contributed by atoms with Gasteiger partial charge >= 0.3 is 5.97 Å². The number of thioether (sulfide) groups is 1. The third-order valence-electron chi connectivity index (χ3n) is 4.59. The largest absolute Gasteiger partial charge is 0.493 e. The maximum absolute atomic E-state index is 12.4. The molecule has 3 aromatic rings. The lowest BCUT2D eigenvalue weighted by molar-refractivity contribution is -0.115. The molecule has 0 bridgehead atoms. The van der Waals surface area contributed by atoms with Crippen LogP contribution in [0, 0.1) is 0 Å². The first-order valence-corrected chi connectivity index (χ1v) is 11.2. The summed E-state index contributed by atoms with van der Waals surface area (Å²) in [7, 11) is 2.80. The second-order valence-electron chi connectivity index (χ2n) is 6.92. The molecule has 0 atom stereocenters. The molecule has 0 radical (unpaired) electrons. The summed E-state index contributed by atoms with van der Waals surface area (Å²) in [4.78, 5) is 28.8. The molecule has 8 nitrogen and oxygen atoms in total. The maximum atomic E-state index is 12.4. The van der Waals surface area contributed by atoms with E-state index in [1.54, 1.807) is 54.6 Å². The highest BCUT2D eigenvalue weighted by Crippen LogP contribution is 2.33. The van der Waals surface area contributed by atoms with Crippen LogP contribution in [0.4, 0.5) is 5.69 Å². The highest BCUT2D eigenvalue weighted by molar-refractivity contribution is 8.18. The fourth-order valence-electron chi connectivity index (χ4n) is 3.00. The highest BCUT2D eigenvalue weighted by atomic mass is 35.5. The molecule has 1 aliphatic heterocycles. The van der Waals surface area contributed by atoms with Crippen LogP contribution in [0.5, 0.6) is 11.5 Å². The van der Waals surface area contributed by atoms with Gasteiger partial charge in [0.2, 0.25) is 5.76 Å². The van der Waals surface area contributed by atoms with Gasteiger partial charge in [-0.1, -0.05) is 23.7 Å². The third kappa shape index (κ3) is 5.62. The van der Waals surface area contributed by atoms with Gasteiger partial charge in [-0.15, -0.1) is 0 Å². The van der Waals surface area contributed by atoms with E-state index in [0.717, 1.165) is 5.56 Å². The predicted molar refractivity (Wildman–Crippen MR) is 130 cm³/mol. The van der Waals surface area contributed by atoms with E-state index in [1.807, 2.05) is 0 Å². The van der Waals surface area contributed by atoms with Crippen LogP contribution in [0.3, 0.4) is 0 Å². The lowest BCUT2D eigenvalue weighted by atomic mass is 10.2. The smallest absolute Gasteiger partial charge is 0.373 e. The fourth-order valence-corrected chi connectivity index (χ4v) is 4.03. The summed E-state index contributed by atoms with van der Waals surface area (Å²) in [6.45, 7) is 0.0926. The van der Waals surface area contributed by atoms with E-state index in [-0.39, 0.29) is 18.3 Å². The van der Waals surface area contributed by atoms with E-state index in [9.17, 15) is 9.59 Å². The highest BCUT2D eigenvalue weighted by Gasteiger charge is 2.24. The molecule has 2 aromatic carbocycles. The zero-order valence-corrected chi connectivity index (χ0v) is 19.7. The first kappa shape index (κ1) is 23.5. The van der Waals surface area contributed by atoms with Gasteiger partial charge < -0.3 is 23.9 Å². The van der Waals surface area contributed by atoms with Crippen molar-refractivity contribution in [3.8, 4) is 11.5 Å². The molecule has 1 N–H and O–H groups in total.